The summed E-state index contributed by atoms with van der Waals surface area (Å²) >= 11 is 6.15. The van der Waals surface area contributed by atoms with Gasteiger partial charge in [0.1, 0.15) is 0 Å². The van der Waals surface area contributed by atoms with E-state index in [0.29, 0.717) is 12.8 Å². The Morgan fingerprint density at radius 3 is 2.56 bits per heavy atom. The van der Waals surface area contributed by atoms with Crippen molar-refractivity contribution in [2.24, 2.45) is 0 Å². The van der Waals surface area contributed by atoms with Gasteiger partial charge in [-0.2, -0.15) is 0 Å². The highest BCUT2D eigenvalue weighted by Gasteiger charge is 2.40. The first-order chi connectivity index (χ1) is 8.52. The van der Waals surface area contributed by atoms with Gasteiger partial charge in [0.2, 0.25) is 0 Å². The molecular formula is C14H19ClO3. The summed E-state index contributed by atoms with van der Waals surface area (Å²) in [4.78, 5) is 0. The lowest BCUT2D eigenvalue weighted by Gasteiger charge is -2.17. The van der Waals surface area contributed by atoms with E-state index in [2.05, 4.69) is 0 Å². The van der Waals surface area contributed by atoms with E-state index in [1.807, 2.05) is 38.1 Å². The summed E-state index contributed by atoms with van der Waals surface area (Å²) in [5.74, 6) is -0.592. The Bertz CT molecular complexity index is 406. The standard InChI is InChI=1S/C14H19ClO3/c1-14(2)17-12(7-8-16)13(18-14)9-10-5-3-4-6-11(10)15/h3-6,12-13,16H,7-9H2,1-2H3/t12-,13-/m0/s1. The molecule has 1 aliphatic rings. The minimum Gasteiger partial charge on any atom is -0.396 e. The predicted molar refractivity (Wildman–Crippen MR) is 70.7 cm³/mol. The van der Waals surface area contributed by atoms with Crippen molar-refractivity contribution in [2.75, 3.05) is 6.61 Å². The number of benzene rings is 1. The van der Waals surface area contributed by atoms with Crippen LogP contribution in [0.25, 0.3) is 0 Å². The second-order valence-electron chi connectivity index (χ2n) is 5.02. The molecule has 2 rings (SSSR count). The normalized spacial score (nSPS) is 26.4. The summed E-state index contributed by atoms with van der Waals surface area (Å²) in [6, 6.07) is 7.74. The molecule has 1 aromatic rings. The minimum atomic E-state index is -0.592. The summed E-state index contributed by atoms with van der Waals surface area (Å²) in [7, 11) is 0. The van der Waals surface area contributed by atoms with Gasteiger partial charge in [-0.15, -0.1) is 0 Å². The molecule has 1 saturated heterocycles. The number of halogens is 1. The summed E-state index contributed by atoms with van der Waals surface area (Å²) in [5.41, 5.74) is 1.05. The van der Waals surface area contributed by atoms with Gasteiger partial charge in [0, 0.05) is 18.1 Å². The molecule has 0 aromatic heterocycles. The SMILES string of the molecule is CC1(C)O[C@@H](CCO)[C@H](Cc2ccccc2Cl)O1. The van der Waals surface area contributed by atoms with Gasteiger partial charge < -0.3 is 14.6 Å². The van der Waals surface area contributed by atoms with Gasteiger partial charge in [-0.3, -0.25) is 0 Å². The molecule has 100 valence electrons. The molecule has 1 heterocycles. The molecule has 1 aromatic carbocycles. The average molecular weight is 271 g/mol. The van der Waals surface area contributed by atoms with Crippen LogP contribution in [0.15, 0.2) is 24.3 Å². The first-order valence-electron chi connectivity index (χ1n) is 6.22. The first-order valence-corrected chi connectivity index (χ1v) is 6.59. The van der Waals surface area contributed by atoms with Crippen molar-refractivity contribution in [3.63, 3.8) is 0 Å². The van der Waals surface area contributed by atoms with Gasteiger partial charge in [0.25, 0.3) is 0 Å². The van der Waals surface area contributed by atoms with Gasteiger partial charge in [-0.05, 0) is 31.9 Å². The van der Waals surface area contributed by atoms with Crippen molar-refractivity contribution >= 4 is 11.6 Å². The quantitative estimate of drug-likeness (QED) is 0.914. The van der Waals surface area contributed by atoms with Crippen molar-refractivity contribution in [2.45, 2.75) is 44.7 Å². The third kappa shape index (κ3) is 3.23. The number of aliphatic hydroxyl groups is 1. The number of rotatable bonds is 4. The Hall–Kier alpha value is -0.610. The zero-order valence-corrected chi connectivity index (χ0v) is 11.5. The monoisotopic (exact) mass is 270 g/mol. The Labute approximate surface area is 113 Å². The number of hydrogen-bond donors (Lipinski definition) is 1. The lowest BCUT2D eigenvalue weighted by molar-refractivity contribution is -0.147. The molecular weight excluding hydrogens is 252 g/mol. The van der Waals surface area contributed by atoms with Crippen molar-refractivity contribution < 1.29 is 14.6 Å². The van der Waals surface area contributed by atoms with Gasteiger partial charge in [-0.1, -0.05) is 29.8 Å². The molecule has 2 atom stereocenters. The van der Waals surface area contributed by atoms with Crippen LogP contribution in [0.4, 0.5) is 0 Å². The Kier molecular flexibility index (Phi) is 4.28. The molecule has 1 N–H and O–H groups in total. The minimum absolute atomic E-state index is 0.0629. The maximum atomic E-state index is 9.07. The third-order valence-corrected chi connectivity index (χ3v) is 3.45. The largest absolute Gasteiger partial charge is 0.396 e. The Morgan fingerprint density at radius 1 is 1.22 bits per heavy atom. The van der Waals surface area contributed by atoms with Crippen LogP contribution >= 0.6 is 11.6 Å². The van der Waals surface area contributed by atoms with Crippen molar-refractivity contribution in [3.8, 4) is 0 Å². The fourth-order valence-electron chi connectivity index (χ4n) is 2.33. The molecule has 0 bridgehead atoms. The van der Waals surface area contributed by atoms with E-state index in [9.17, 15) is 0 Å². The highest BCUT2D eigenvalue weighted by atomic mass is 35.5. The van der Waals surface area contributed by atoms with Crippen LogP contribution in [0.5, 0.6) is 0 Å². The lowest BCUT2D eigenvalue weighted by Crippen LogP contribution is -2.26. The van der Waals surface area contributed by atoms with Crippen LogP contribution in [0.1, 0.15) is 25.8 Å². The topological polar surface area (TPSA) is 38.7 Å². The lowest BCUT2D eigenvalue weighted by atomic mass is 10.0. The van der Waals surface area contributed by atoms with E-state index in [1.165, 1.54) is 0 Å². The zero-order chi connectivity index (χ0) is 13.2. The van der Waals surface area contributed by atoms with Crippen LogP contribution in [0.2, 0.25) is 5.02 Å². The molecule has 3 nitrogen and oxygen atoms in total. The van der Waals surface area contributed by atoms with Crippen molar-refractivity contribution in [3.05, 3.63) is 34.9 Å². The van der Waals surface area contributed by atoms with Gasteiger partial charge in [-0.25, -0.2) is 0 Å². The molecule has 0 amide bonds. The molecule has 0 unspecified atom stereocenters. The second kappa shape index (κ2) is 5.57. The van der Waals surface area contributed by atoms with Crippen LogP contribution in [0.3, 0.4) is 0 Å². The van der Waals surface area contributed by atoms with Crippen LogP contribution in [-0.2, 0) is 15.9 Å². The number of ether oxygens (including phenoxy) is 2. The van der Waals surface area contributed by atoms with E-state index in [-0.39, 0.29) is 18.8 Å². The Balaban J connectivity index is 2.10. The average Bonchev–Trinajstić information content (AvgIpc) is 2.57. The van der Waals surface area contributed by atoms with Gasteiger partial charge in [0.05, 0.1) is 12.2 Å². The molecule has 0 radical (unpaired) electrons. The molecule has 4 heteroatoms. The summed E-state index contributed by atoms with van der Waals surface area (Å²) < 4.78 is 11.7. The van der Waals surface area contributed by atoms with E-state index in [4.69, 9.17) is 26.2 Å². The van der Waals surface area contributed by atoms with Crippen molar-refractivity contribution in [1.82, 2.24) is 0 Å². The van der Waals surface area contributed by atoms with Gasteiger partial charge >= 0.3 is 0 Å². The predicted octanol–water partition coefficient (Wildman–Crippen LogP) is 2.79. The van der Waals surface area contributed by atoms with Gasteiger partial charge in [0.15, 0.2) is 5.79 Å². The summed E-state index contributed by atoms with van der Waals surface area (Å²) in [5, 5.41) is 9.82. The van der Waals surface area contributed by atoms with Crippen LogP contribution < -0.4 is 0 Å². The Morgan fingerprint density at radius 2 is 1.89 bits per heavy atom. The van der Waals surface area contributed by atoms with E-state index >= 15 is 0 Å². The van der Waals surface area contributed by atoms with E-state index in [1.54, 1.807) is 0 Å². The molecule has 0 saturated carbocycles. The maximum absolute atomic E-state index is 9.07. The molecule has 18 heavy (non-hydrogen) atoms. The molecule has 1 aliphatic heterocycles. The van der Waals surface area contributed by atoms with Crippen LogP contribution in [-0.4, -0.2) is 29.7 Å². The zero-order valence-electron chi connectivity index (χ0n) is 10.7. The summed E-state index contributed by atoms with van der Waals surface area (Å²) in [6.07, 6.45) is 1.14. The third-order valence-electron chi connectivity index (χ3n) is 3.08. The molecule has 1 fully saturated rings. The highest BCUT2D eigenvalue weighted by Crippen LogP contribution is 2.32. The molecule has 0 aliphatic carbocycles. The second-order valence-corrected chi connectivity index (χ2v) is 5.43. The smallest absolute Gasteiger partial charge is 0.163 e. The number of hydrogen-bond acceptors (Lipinski definition) is 3. The van der Waals surface area contributed by atoms with Crippen LogP contribution in [0, 0.1) is 0 Å². The number of aliphatic hydroxyl groups excluding tert-OH is 1. The van der Waals surface area contributed by atoms with E-state index < -0.39 is 5.79 Å². The highest BCUT2D eigenvalue weighted by molar-refractivity contribution is 6.31. The fourth-order valence-corrected chi connectivity index (χ4v) is 2.55. The van der Waals surface area contributed by atoms with Crippen molar-refractivity contribution in [1.29, 1.82) is 0 Å². The summed E-state index contributed by atoms with van der Waals surface area (Å²) in [6.45, 7) is 3.89. The fraction of sp³-hybridized carbons (Fsp3) is 0.571. The molecule has 0 spiro atoms. The first kappa shape index (κ1) is 13.8. The maximum Gasteiger partial charge on any atom is 0.163 e. The van der Waals surface area contributed by atoms with E-state index in [0.717, 1.165) is 10.6 Å².